The quantitative estimate of drug-likeness (QED) is 0.779. The number of ether oxygens (including phenoxy) is 1. The van der Waals surface area contributed by atoms with Gasteiger partial charge in [-0.25, -0.2) is 8.42 Å². The van der Waals surface area contributed by atoms with E-state index in [1.54, 1.807) is 4.31 Å². The first-order valence-corrected chi connectivity index (χ1v) is 9.75. The summed E-state index contributed by atoms with van der Waals surface area (Å²) in [5, 5.41) is 0.406. The minimum atomic E-state index is -3.65. The number of nitrogens with zero attached hydrogens (tertiary/aromatic N) is 1. The van der Waals surface area contributed by atoms with Crippen LogP contribution in [-0.2, 0) is 10.0 Å². The van der Waals surface area contributed by atoms with Crippen molar-refractivity contribution < 1.29 is 13.2 Å². The van der Waals surface area contributed by atoms with Gasteiger partial charge in [0.15, 0.2) is 0 Å². The molecule has 0 amide bonds. The summed E-state index contributed by atoms with van der Waals surface area (Å²) in [6.07, 6.45) is 3.61. The largest absolute Gasteiger partial charge is 0.492 e. The van der Waals surface area contributed by atoms with E-state index in [0.29, 0.717) is 18.9 Å². The number of sulfonamides is 1. The van der Waals surface area contributed by atoms with Crippen molar-refractivity contribution in [2.45, 2.75) is 50.5 Å². The highest BCUT2D eigenvalue weighted by Crippen LogP contribution is 2.36. The van der Waals surface area contributed by atoms with Gasteiger partial charge in [0.1, 0.15) is 10.6 Å². The van der Waals surface area contributed by atoms with E-state index in [9.17, 15) is 8.42 Å². The van der Waals surface area contributed by atoms with Crippen LogP contribution in [0.15, 0.2) is 17.0 Å². The van der Waals surface area contributed by atoms with E-state index < -0.39 is 10.0 Å². The molecule has 0 bridgehead atoms. The zero-order valence-corrected chi connectivity index (χ0v) is 15.1. The van der Waals surface area contributed by atoms with Crippen LogP contribution in [0.1, 0.15) is 39.5 Å². The van der Waals surface area contributed by atoms with Crippen molar-refractivity contribution in [3.05, 3.63) is 22.2 Å². The molecule has 7 heteroatoms. The van der Waals surface area contributed by atoms with Crippen LogP contribution in [0.2, 0.25) is 10.0 Å². The van der Waals surface area contributed by atoms with Crippen LogP contribution in [0.3, 0.4) is 0 Å². The van der Waals surface area contributed by atoms with Crippen LogP contribution in [0, 0.1) is 0 Å². The van der Waals surface area contributed by atoms with E-state index in [1.165, 1.54) is 12.1 Å². The third kappa shape index (κ3) is 3.53. The SMILES string of the molecule is CCOc1cc(Cl)c(S(=O)(=O)N2CCCC[C@@H]2CC)cc1Cl. The molecule has 0 spiro atoms. The minimum absolute atomic E-state index is 0.0279. The molecule has 0 saturated carbocycles. The predicted octanol–water partition coefficient (Wildman–Crippen LogP) is 4.35. The van der Waals surface area contributed by atoms with Gasteiger partial charge >= 0.3 is 0 Å². The normalized spacial score (nSPS) is 20.1. The van der Waals surface area contributed by atoms with Gasteiger partial charge in [0.25, 0.3) is 0 Å². The topological polar surface area (TPSA) is 46.6 Å². The molecule has 1 fully saturated rings. The second-order valence-corrected chi connectivity index (χ2v) is 7.99. The molecule has 124 valence electrons. The molecule has 22 heavy (non-hydrogen) atoms. The maximum absolute atomic E-state index is 12.9. The van der Waals surface area contributed by atoms with Crippen LogP contribution < -0.4 is 4.74 Å². The van der Waals surface area contributed by atoms with Gasteiger partial charge < -0.3 is 4.74 Å². The number of hydrogen-bond acceptors (Lipinski definition) is 3. The number of benzene rings is 1. The Morgan fingerprint density at radius 1 is 1.23 bits per heavy atom. The lowest BCUT2D eigenvalue weighted by Gasteiger charge is -2.34. The molecular weight excluding hydrogens is 345 g/mol. The Labute approximate surface area is 142 Å². The molecule has 1 saturated heterocycles. The maximum atomic E-state index is 12.9. The highest BCUT2D eigenvalue weighted by molar-refractivity contribution is 7.89. The fourth-order valence-corrected chi connectivity index (χ4v) is 5.37. The Morgan fingerprint density at radius 2 is 1.95 bits per heavy atom. The Balaban J connectivity index is 2.42. The third-order valence-electron chi connectivity index (χ3n) is 3.92. The fourth-order valence-electron chi connectivity index (χ4n) is 2.80. The number of halogens is 2. The molecule has 1 aliphatic heterocycles. The average molecular weight is 366 g/mol. The number of piperidine rings is 1. The summed E-state index contributed by atoms with van der Waals surface area (Å²) in [5.41, 5.74) is 0. The second-order valence-electron chi connectivity index (χ2n) is 5.32. The minimum Gasteiger partial charge on any atom is -0.492 e. The van der Waals surface area contributed by atoms with Gasteiger partial charge in [0.05, 0.1) is 16.7 Å². The zero-order chi connectivity index (χ0) is 16.3. The molecule has 4 nitrogen and oxygen atoms in total. The van der Waals surface area contributed by atoms with Gasteiger partial charge in [-0.15, -0.1) is 0 Å². The first-order chi connectivity index (χ1) is 10.4. The van der Waals surface area contributed by atoms with E-state index >= 15 is 0 Å². The van der Waals surface area contributed by atoms with Crippen molar-refractivity contribution in [3.63, 3.8) is 0 Å². The van der Waals surface area contributed by atoms with Crippen molar-refractivity contribution in [1.29, 1.82) is 0 Å². The van der Waals surface area contributed by atoms with Gasteiger partial charge in [-0.2, -0.15) is 4.31 Å². The van der Waals surface area contributed by atoms with Gasteiger partial charge in [0, 0.05) is 18.7 Å². The van der Waals surface area contributed by atoms with Crippen molar-refractivity contribution >= 4 is 33.2 Å². The summed E-state index contributed by atoms with van der Waals surface area (Å²) in [4.78, 5) is 0.0583. The van der Waals surface area contributed by atoms with E-state index in [4.69, 9.17) is 27.9 Å². The molecule has 0 aliphatic carbocycles. The maximum Gasteiger partial charge on any atom is 0.244 e. The summed E-state index contributed by atoms with van der Waals surface area (Å²) in [7, 11) is -3.65. The first kappa shape index (κ1) is 17.9. The molecule has 1 aliphatic rings. The van der Waals surface area contributed by atoms with Gasteiger partial charge in [-0.05, 0) is 32.3 Å². The van der Waals surface area contributed by atoms with E-state index in [2.05, 4.69) is 0 Å². The molecule has 0 aromatic heterocycles. The number of hydrogen-bond donors (Lipinski definition) is 0. The van der Waals surface area contributed by atoms with Gasteiger partial charge in [-0.3, -0.25) is 0 Å². The molecule has 1 aromatic rings. The van der Waals surface area contributed by atoms with Crippen molar-refractivity contribution in [2.75, 3.05) is 13.2 Å². The number of rotatable bonds is 5. The molecular formula is C15H21Cl2NO3S. The average Bonchev–Trinajstić information content (AvgIpc) is 2.50. The molecule has 1 aromatic carbocycles. The molecule has 0 N–H and O–H groups in total. The predicted molar refractivity (Wildman–Crippen MR) is 89.5 cm³/mol. The van der Waals surface area contributed by atoms with Crippen LogP contribution in [0.5, 0.6) is 5.75 Å². The molecule has 1 heterocycles. The lowest BCUT2D eigenvalue weighted by Crippen LogP contribution is -2.43. The summed E-state index contributed by atoms with van der Waals surface area (Å²) in [6.45, 7) is 4.80. The molecule has 2 rings (SSSR count). The second kappa shape index (κ2) is 7.39. The van der Waals surface area contributed by atoms with E-state index in [1.807, 2.05) is 13.8 Å². The summed E-state index contributed by atoms with van der Waals surface area (Å²) in [6, 6.07) is 2.90. The van der Waals surface area contributed by atoms with Crippen LogP contribution in [-0.4, -0.2) is 31.9 Å². The third-order valence-corrected chi connectivity index (χ3v) is 6.63. The zero-order valence-electron chi connectivity index (χ0n) is 12.8. The Hall–Kier alpha value is -0.490. The lowest BCUT2D eigenvalue weighted by atomic mass is 10.0. The molecule has 0 radical (unpaired) electrons. The Bertz CT molecular complexity index is 634. The van der Waals surface area contributed by atoms with Crippen molar-refractivity contribution in [2.24, 2.45) is 0 Å². The van der Waals surface area contributed by atoms with Crippen LogP contribution in [0.25, 0.3) is 0 Å². The Morgan fingerprint density at radius 3 is 2.59 bits per heavy atom. The summed E-state index contributed by atoms with van der Waals surface area (Å²) in [5.74, 6) is 0.402. The van der Waals surface area contributed by atoms with Crippen LogP contribution in [0.4, 0.5) is 0 Å². The van der Waals surface area contributed by atoms with Crippen molar-refractivity contribution in [3.8, 4) is 5.75 Å². The van der Waals surface area contributed by atoms with E-state index in [0.717, 1.165) is 25.7 Å². The molecule has 1 atom stereocenters. The monoisotopic (exact) mass is 365 g/mol. The highest BCUT2D eigenvalue weighted by atomic mass is 35.5. The van der Waals surface area contributed by atoms with Gasteiger partial charge in [-0.1, -0.05) is 36.5 Å². The smallest absolute Gasteiger partial charge is 0.244 e. The van der Waals surface area contributed by atoms with Crippen LogP contribution >= 0.6 is 23.2 Å². The summed E-state index contributed by atoms with van der Waals surface area (Å²) < 4.78 is 32.8. The van der Waals surface area contributed by atoms with Gasteiger partial charge in [0.2, 0.25) is 10.0 Å². The summed E-state index contributed by atoms with van der Waals surface area (Å²) >= 11 is 12.3. The standard InChI is InChI=1S/C15H21Cl2NO3S/c1-3-11-7-5-6-8-18(11)22(19,20)15-10-12(16)14(21-4-2)9-13(15)17/h9-11H,3-8H2,1-2H3/t11-/m0/s1. The lowest BCUT2D eigenvalue weighted by molar-refractivity contribution is 0.246. The fraction of sp³-hybridized carbons (Fsp3) is 0.600. The highest BCUT2D eigenvalue weighted by Gasteiger charge is 2.34. The first-order valence-electron chi connectivity index (χ1n) is 7.55. The van der Waals surface area contributed by atoms with Crippen molar-refractivity contribution in [1.82, 2.24) is 4.31 Å². The molecule has 0 unspecified atom stereocenters. The van der Waals surface area contributed by atoms with E-state index in [-0.39, 0.29) is 21.0 Å². The Kier molecular flexibility index (Phi) is 6.00.